The summed E-state index contributed by atoms with van der Waals surface area (Å²) in [5.74, 6) is -0.243. The Morgan fingerprint density at radius 1 is 1.21 bits per heavy atom. The Balaban J connectivity index is 2.18. The van der Waals surface area contributed by atoms with Crippen LogP contribution < -0.4 is 5.32 Å². The number of amides is 1. The molecule has 0 aliphatic heterocycles. The third kappa shape index (κ3) is 3.34. The zero-order valence-corrected chi connectivity index (χ0v) is 12.0. The number of carbonyl (C=O) groups excluding carboxylic acids is 1. The van der Waals surface area contributed by atoms with Gasteiger partial charge in [-0.3, -0.25) is 4.79 Å². The number of nitriles is 1. The van der Waals surface area contributed by atoms with Crippen molar-refractivity contribution in [2.24, 2.45) is 0 Å². The number of halogens is 2. The standard InChI is InChI=1S/C14H8BrClN2O/c15-12-7-11(16)5-6-13(12)18-14(19)10-3-1-9(8-17)2-4-10/h1-7H,(H,18,19). The van der Waals surface area contributed by atoms with Crippen LogP contribution in [-0.4, -0.2) is 5.91 Å². The van der Waals surface area contributed by atoms with Crippen LogP contribution in [0, 0.1) is 11.3 Å². The zero-order chi connectivity index (χ0) is 13.8. The van der Waals surface area contributed by atoms with Crippen molar-refractivity contribution in [1.29, 1.82) is 5.26 Å². The second kappa shape index (κ2) is 5.87. The van der Waals surface area contributed by atoms with Gasteiger partial charge < -0.3 is 5.32 Å². The SMILES string of the molecule is N#Cc1ccc(C(=O)Nc2ccc(Cl)cc2Br)cc1. The second-order valence-electron chi connectivity index (χ2n) is 3.77. The number of hydrogen-bond donors (Lipinski definition) is 1. The topological polar surface area (TPSA) is 52.9 Å². The van der Waals surface area contributed by atoms with Crippen LogP contribution in [0.4, 0.5) is 5.69 Å². The van der Waals surface area contributed by atoms with Crippen molar-refractivity contribution in [3.63, 3.8) is 0 Å². The van der Waals surface area contributed by atoms with Gasteiger partial charge in [-0.05, 0) is 58.4 Å². The Bertz CT molecular complexity index is 662. The van der Waals surface area contributed by atoms with Gasteiger partial charge in [0.15, 0.2) is 0 Å². The molecular weight excluding hydrogens is 328 g/mol. The van der Waals surface area contributed by atoms with E-state index in [1.54, 1.807) is 42.5 Å². The van der Waals surface area contributed by atoms with Gasteiger partial charge in [0.25, 0.3) is 5.91 Å². The van der Waals surface area contributed by atoms with Crippen LogP contribution in [0.3, 0.4) is 0 Å². The van der Waals surface area contributed by atoms with Gasteiger partial charge in [-0.15, -0.1) is 0 Å². The molecule has 0 unspecified atom stereocenters. The molecule has 1 N–H and O–H groups in total. The summed E-state index contributed by atoms with van der Waals surface area (Å²) in [6.45, 7) is 0. The van der Waals surface area contributed by atoms with Crippen LogP contribution in [-0.2, 0) is 0 Å². The number of nitrogens with zero attached hydrogens (tertiary/aromatic N) is 1. The summed E-state index contributed by atoms with van der Waals surface area (Å²) < 4.78 is 0.710. The lowest BCUT2D eigenvalue weighted by atomic mass is 10.1. The average Bonchev–Trinajstić information content (AvgIpc) is 2.42. The highest BCUT2D eigenvalue weighted by molar-refractivity contribution is 9.10. The molecule has 2 aromatic rings. The highest BCUT2D eigenvalue weighted by Crippen LogP contribution is 2.26. The van der Waals surface area contributed by atoms with Gasteiger partial charge in [0, 0.05) is 15.1 Å². The first-order valence-electron chi connectivity index (χ1n) is 5.37. The van der Waals surface area contributed by atoms with Crippen LogP contribution in [0.5, 0.6) is 0 Å². The third-order valence-corrected chi connectivity index (χ3v) is 3.35. The molecule has 19 heavy (non-hydrogen) atoms. The summed E-state index contributed by atoms with van der Waals surface area (Å²) >= 11 is 9.16. The Morgan fingerprint density at radius 3 is 2.47 bits per heavy atom. The molecule has 5 heteroatoms. The summed E-state index contributed by atoms with van der Waals surface area (Å²) in [6.07, 6.45) is 0. The van der Waals surface area contributed by atoms with Crippen molar-refractivity contribution in [2.45, 2.75) is 0 Å². The molecule has 0 heterocycles. The van der Waals surface area contributed by atoms with Gasteiger partial charge in [-0.1, -0.05) is 11.6 Å². The van der Waals surface area contributed by atoms with Crippen molar-refractivity contribution in [3.05, 3.63) is 63.1 Å². The second-order valence-corrected chi connectivity index (χ2v) is 5.06. The molecule has 0 aromatic heterocycles. The number of hydrogen-bond acceptors (Lipinski definition) is 2. The Hall–Kier alpha value is -1.83. The minimum Gasteiger partial charge on any atom is -0.321 e. The molecule has 2 rings (SSSR count). The molecule has 0 fully saturated rings. The number of carbonyl (C=O) groups is 1. The minimum absolute atomic E-state index is 0.243. The molecule has 0 aliphatic carbocycles. The van der Waals surface area contributed by atoms with Crippen molar-refractivity contribution < 1.29 is 4.79 Å². The molecule has 3 nitrogen and oxygen atoms in total. The molecule has 0 spiro atoms. The lowest BCUT2D eigenvalue weighted by molar-refractivity contribution is 0.102. The van der Waals surface area contributed by atoms with Crippen LogP contribution in [0.2, 0.25) is 5.02 Å². The summed E-state index contributed by atoms with van der Waals surface area (Å²) in [5.41, 5.74) is 1.64. The summed E-state index contributed by atoms with van der Waals surface area (Å²) in [5, 5.41) is 12.0. The summed E-state index contributed by atoms with van der Waals surface area (Å²) in [6, 6.07) is 13.5. The van der Waals surface area contributed by atoms with Crippen LogP contribution in [0.15, 0.2) is 46.9 Å². The maximum atomic E-state index is 12.0. The number of nitrogens with one attached hydrogen (secondary N) is 1. The number of anilines is 1. The molecule has 0 aliphatic rings. The van der Waals surface area contributed by atoms with E-state index in [1.807, 2.05) is 6.07 Å². The van der Waals surface area contributed by atoms with Gasteiger partial charge >= 0.3 is 0 Å². The Labute approximate surface area is 123 Å². The summed E-state index contributed by atoms with van der Waals surface area (Å²) in [4.78, 5) is 12.0. The monoisotopic (exact) mass is 334 g/mol. The number of rotatable bonds is 2. The van der Waals surface area contributed by atoms with Gasteiger partial charge in [0.1, 0.15) is 0 Å². The van der Waals surface area contributed by atoms with Gasteiger partial charge in [-0.25, -0.2) is 0 Å². The molecule has 2 aromatic carbocycles. The predicted molar refractivity (Wildman–Crippen MR) is 78.3 cm³/mol. The maximum Gasteiger partial charge on any atom is 0.255 e. The molecule has 0 saturated carbocycles. The van der Waals surface area contributed by atoms with E-state index in [2.05, 4.69) is 21.2 Å². The third-order valence-electron chi connectivity index (χ3n) is 2.46. The molecule has 0 saturated heterocycles. The first-order chi connectivity index (χ1) is 9.10. The van der Waals surface area contributed by atoms with E-state index in [-0.39, 0.29) is 5.91 Å². The lowest BCUT2D eigenvalue weighted by Gasteiger charge is -2.07. The molecule has 94 valence electrons. The first kappa shape index (κ1) is 13.6. The highest BCUT2D eigenvalue weighted by Gasteiger charge is 2.08. The molecule has 0 bridgehead atoms. The van der Waals surface area contributed by atoms with E-state index in [1.165, 1.54) is 0 Å². The number of benzene rings is 2. The fourth-order valence-corrected chi connectivity index (χ4v) is 2.26. The Morgan fingerprint density at radius 2 is 1.89 bits per heavy atom. The molecule has 0 atom stereocenters. The van der Waals surface area contributed by atoms with Crippen molar-refractivity contribution in [3.8, 4) is 6.07 Å². The zero-order valence-electron chi connectivity index (χ0n) is 9.65. The quantitative estimate of drug-likeness (QED) is 0.893. The largest absolute Gasteiger partial charge is 0.321 e. The van der Waals surface area contributed by atoms with Crippen molar-refractivity contribution in [2.75, 3.05) is 5.32 Å². The highest BCUT2D eigenvalue weighted by atomic mass is 79.9. The van der Waals surface area contributed by atoms with E-state index in [9.17, 15) is 4.79 Å². The molecule has 0 radical (unpaired) electrons. The van der Waals surface area contributed by atoms with E-state index in [0.29, 0.717) is 26.3 Å². The fraction of sp³-hybridized carbons (Fsp3) is 0. The van der Waals surface area contributed by atoms with Crippen molar-refractivity contribution >= 4 is 39.1 Å². The van der Waals surface area contributed by atoms with Crippen LogP contribution >= 0.6 is 27.5 Å². The first-order valence-corrected chi connectivity index (χ1v) is 6.54. The smallest absolute Gasteiger partial charge is 0.255 e. The van der Waals surface area contributed by atoms with Gasteiger partial charge in [0.2, 0.25) is 0 Å². The van der Waals surface area contributed by atoms with E-state index in [0.717, 1.165) is 0 Å². The molecular formula is C14H8BrClN2O. The van der Waals surface area contributed by atoms with Gasteiger partial charge in [0.05, 0.1) is 17.3 Å². The van der Waals surface area contributed by atoms with Gasteiger partial charge in [-0.2, -0.15) is 5.26 Å². The minimum atomic E-state index is -0.243. The molecule has 1 amide bonds. The maximum absolute atomic E-state index is 12.0. The lowest BCUT2D eigenvalue weighted by Crippen LogP contribution is -2.12. The predicted octanol–water partition coefficient (Wildman–Crippen LogP) is 4.23. The fourth-order valence-electron chi connectivity index (χ4n) is 1.48. The average molecular weight is 336 g/mol. The summed E-state index contributed by atoms with van der Waals surface area (Å²) in [7, 11) is 0. The van der Waals surface area contributed by atoms with E-state index in [4.69, 9.17) is 16.9 Å². The normalized spacial score (nSPS) is 9.74. The Kier molecular flexibility index (Phi) is 4.20. The van der Waals surface area contributed by atoms with Crippen LogP contribution in [0.25, 0.3) is 0 Å². The van der Waals surface area contributed by atoms with Crippen LogP contribution in [0.1, 0.15) is 15.9 Å². The van der Waals surface area contributed by atoms with Crippen molar-refractivity contribution in [1.82, 2.24) is 0 Å². The van der Waals surface area contributed by atoms with E-state index < -0.39 is 0 Å². The van der Waals surface area contributed by atoms with E-state index >= 15 is 0 Å².